The smallest absolute Gasteiger partial charge is 0.322 e. The molecule has 3 heterocycles. The molecule has 1 aliphatic heterocycles. The molecule has 5 rings (SSSR count). The summed E-state index contributed by atoms with van der Waals surface area (Å²) >= 11 is 0. The number of hydrogen-bond donors (Lipinski definition) is 2. The lowest BCUT2D eigenvalue weighted by atomic mass is 9.91. The number of nitrogens with zero attached hydrogens (tertiary/aromatic N) is 4. The largest absolute Gasteiger partial charge is 0.424 e. The van der Waals surface area contributed by atoms with Gasteiger partial charge in [-0.15, -0.1) is 0 Å². The molecular weight excluding hydrogens is 503 g/mol. The fourth-order valence-corrected chi connectivity index (χ4v) is 3.97. The summed E-state index contributed by atoms with van der Waals surface area (Å²) in [6.45, 7) is 2.16. The lowest BCUT2D eigenvalue weighted by Crippen LogP contribution is -2.48. The van der Waals surface area contributed by atoms with Crippen LogP contribution in [0.4, 0.5) is 4.39 Å². The van der Waals surface area contributed by atoms with Gasteiger partial charge in [-0.1, -0.05) is 18.2 Å². The quantitative estimate of drug-likeness (QED) is 0.318. The molecule has 4 aromatic rings. The first-order chi connectivity index (χ1) is 18.9. The Morgan fingerprint density at radius 3 is 2.62 bits per heavy atom. The summed E-state index contributed by atoms with van der Waals surface area (Å²) in [5, 5.41) is 11.4. The van der Waals surface area contributed by atoms with Gasteiger partial charge in [0.2, 0.25) is 12.2 Å². The number of carbonyl (C=O) groups excluding carboxylic acids is 1. The fourth-order valence-electron chi connectivity index (χ4n) is 3.97. The molecule has 39 heavy (non-hydrogen) atoms. The Morgan fingerprint density at radius 2 is 1.90 bits per heavy atom. The first-order valence-electron chi connectivity index (χ1n) is 12.3. The van der Waals surface area contributed by atoms with Crippen molar-refractivity contribution in [1.29, 1.82) is 5.26 Å². The lowest BCUT2D eigenvalue weighted by Gasteiger charge is -2.35. The van der Waals surface area contributed by atoms with E-state index in [1.165, 1.54) is 12.1 Å². The molecule has 1 aliphatic rings. The molecule has 0 spiro atoms. The summed E-state index contributed by atoms with van der Waals surface area (Å²) in [7, 11) is 0. The maximum atomic E-state index is 13.7. The summed E-state index contributed by atoms with van der Waals surface area (Å²) in [6.07, 6.45) is 0.911. The van der Waals surface area contributed by atoms with Crippen molar-refractivity contribution in [2.24, 2.45) is 5.41 Å². The molecule has 0 aliphatic carbocycles. The zero-order valence-electron chi connectivity index (χ0n) is 21.1. The van der Waals surface area contributed by atoms with E-state index in [4.69, 9.17) is 24.5 Å². The molecule has 1 saturated heterocycles. The molecule has 1 fully saturated rings. The number of benzene rings is 2. The topological polar surface area (TPSA) is 135 Å². The third-order valence-electron chi connectivity index (χ3n) is 6.08. The van der Waals surface area contributed by atoms with E-state index in [0.717, 1.165) is 0 Å². The maximum Gasteiger partial charge on any atom is 0.322 e. The van der Waals surface area contributed by atoms with Gasteiger partial charge in [-0.25, -0.2) is 14.4 Å². The van der Waals surface area contributed by atoms with Crippen LogP contribution in [0.25, 0.3) is 22.6 Å². The molecule has 0 radical (unpaired) electrons. The van der Waals surface area contributed by atoms with Crippen LogP contribution in [0.1, 0.15) is 25.5 Å². The number of para-hydroxylation sites is 1. The van der Waals surface area contributed by atoms with E-state index in [0.29, 0.717) is 34.2 Å². The summed E-state index contributed by atoms with van der Waals surface area (Å²) < 4.78 is 31.3. The molecule has 2 N–H and O–H groups in total. The highest BCUT2D eigenvalue weighted by atomic mass is 19.1. The van der Waals surface area contributed by atoms with Crippen LogP contribution >= 0.6 is 0 Å². The number of ether oxygens (including phenoxy) is 3. The zero-order valence-corrected chi connectivity index (χ0v) is 21.1. The number of rotatable bonds is 8. The summed E-state index contributed by atoms with van der Waals surface area (Å²) in [5.74, 6) is 0.320. The normalized spacial score (nSPS) is 18.7. The van der Waals surface area contributed by atoms with Crippen molar-refractivity contribution in [1.82, 2.24) is 25.3 Å². The summed E-state index contributed by atoms with van der Waals surface area (Å²) in [4.78, 5) is 29.3. The summed E-state index contributed by atoms with van der Waals surface area (Å²) in [6, 6.07) is 18.9. The molecule has 0 saturated carbocycles. The summed E-state index contributed by atoms with van der Waals surface area (Å²) in [5.41, 5.74) is 1.26. The molecule has 10 nitrogen and oxygen atoms in total. The molecule has 2 aromatic heterocycles. The minimum atomic E-state index is -0.919. The van der Waals surface area contributed by atoms with Gasteiger partial charge in [0.05, 0.1) is 48.2 Å². The Labute approximate surface area is 223 Å². The number of imidazole rings is 1. The number of aromatic nitrogens is 4. The number of nitrogens with one attached hydrogen (secondary N) is 2. The van der Waals surface area contributed by atoms with Crippen molar-refractivity contribution in [3.8, 4) is 40.5 Å². The molecule has 0 bridgehead atoms. The van der Waals surface area contributed by atoms with Crippen LogP contribution in [0, 0.1) is 22.6 Å². The zero-order chi connectivity index (χ0) is 27.2. The van der Waals surface area contributed by atoms with E-state index in [-0.39, 0.29) is 43.9 Å². The van der Waals surface area contributed by atoms with E-state index in [1.54, 1.807) is 43.5 Å². The van der Waals surface area contributed by atoms with Gasteiger partial charge < -0.3 is 24.5 Å². The van der Waals surface area contributed by atoms with Gasteiger partial charge in [0.25, 0.3) is 0 Å². The van der Waals surface area contributed by atoms with E-state index in [9.17, 15) is 9.18 Å². The van der Waals surface area contributed by atoms with Gasteiger partial charge in [-0.3, -0.25) is 4.79 Å². The van der Waals surface area contributed by atoms with Crippen molar-refractivity contribution in [2.45, 2.75) is 19.6 Å². The van der Waals surface area contributed by atoms with Gasteiger partial charge in [0.15, 0.2) is 5.82 Å². The highest BCUT2D eigenvalue weighted by Crippen LogP contribution is 2.36. The molecule has 1 amide bonds. The van der Waals surface area contributed by atoms with Gasteiger partial charge in [-0.2, -0.15) is 10.2 Å². The molecule has 198 valence electrons. The van der Waals surface area contributed by atoms with Crippen molar-refractivity contribution in [3.05, 3.63) is 78.5 Å². The molecule has 2 aromatic carbocycles. The Balaban J connectivity index is 1.42. The van der Waals surface area contributed by atoms with Gasteiger partial charge in [0, 0.05) is 18.3 Å². The minimum absolute atomic E-state index is 0.0839. The van der Waals surface area contributed by atoms with E-state index >= 15 is 0 Å². The molecule has 0 atom stereocenters. The van der Waals surface area contributed by atoms with Crippen molar-refractivity contribution < 1.29 is 23.4 Å². The predicted molar refractivity (Wildman–Crippen MR) is 138 cm³/mol. The highest BCUT2D eigenvalue weighted by Gasteiger charge is 2.40. The van der Waals surface area contributed by atoms with Crippen LogP contribution in [0.3, 0.4) is 0 Å². The molecule has 11 heteroatoms. The highest BCUT2D eigenvalue weighted by molar-refractivity contribution is 5.82. The number of carbonyl (C=O) groups is 1. The van der Waals surface area contributed by atoms with Crippen LogP contribution < -0.4 is 10.1 Å². The van der Waals surface area contributed by atoms with Crippen LogP contribution in [-0.2, 0) is 14.3 Å². The number of H-pyrrole nitrogens is 1. The second kappa shape index (κ2) is 11.4. The Hall–Kier alpha value is -4.66. The third kappa shape index (κ3) is 5.93. The van der Waals surface area contributed by atoms with E-state index in [2.05, 4.69) is 20.3 Å². The Bertz CT molecular complexity index is 1480. The number of amides is 1. The lowest BCUT2D eigenvalue weighted by molar-refractivity contribution is -0.231. The number of nitriles is 1. The van der Waals surface area contributed by atoms with Crippen molar-refractivity contribution in [3.63, 3.8) is 0 Å². The van der Waals surface area contributed by atoms with Gasteiger partial charge in [-0.05, 0) is 49.4 Å². The van der Waals surface area contributed by atoms with Gasteiger partial charge in [0.1, 0.15) is 11.6 Å². The fraction of sp³-hybridized carbons (Fsp3) is 0.250. The van der Waals surface area contributed by atoms with Crippen LogP contribution in [0.5, 0.6) is 11.8 Å². The standard InChI is InChI=1S/C28H25FN6O4/c1-28(26(36)31-14-5-13-30)16-37-25(38-17-28)24-34-22(18-8-10-19(29)11-9-18)23(35-24)21-12-15-32-27(33-21)39-20-6-3-2-4-7-20/h2-4,6-12,15,25H,5,14,16-17H2,1H3,(H,31,36)(H,34,35). The Kier molecular flexibility index (Phi) is 7.58. The third-order valence-corrected chi connectivity index (χ3v) is 6.08. The number of hydrogen-bond acceptors (Lipinski definition) is 8. The van der Waals surface area contributed by atoms with Crippen LogP contribution in [-0.4, -0.2) is 45.6 Å². The van der Waals surface area contributed by atoms with Gasteiger partial charge >= 0.3 is 6.01 Å². The predicted octanol–water partition coefficient (Wildman–Crippen LogP) is 4.55. The second-order valence-corrected chi connectivity index (χ2v) is 9.17. The van der Waals surface area contributed by atoms with Crippen LogP contribution in [0.2, 0.25) is 0 Å². The second-order valence-electron chi connectivity index (χ2n) is 9.17. The average molecular weight is 529 g/mol. The monoisotopic (exact) mass is 528 g/mol. The molecule has 0 unspecified atom stereocenters. The number of halogens is 1. The van der Waals surface area contributed by atoms with E-state index in [1.807, 2.05) is 24.3 Å². The van der Waals surface area contributed by atoms with Crippen LogP contribution in [0.15, 0.2) is 66.9 Å². The van der Waals surface area contributed by atoms with Crippen molar-refractivity contribution in [2.75, 3.05) is 19.8 Å². The van der Waals surface area contributed by atoms with E-state index < -0.39 is 11.7 Å². The first kappa shape index (κ1) is 26.0. The SMILES string of the molecule is CC1(C(=O)NCCC#N)COC(c2nc(-c3ccc(F)cc3)c(-c3ccnc(Oc4ccccc4)n3)[nH]2)OC1. The molecular formula is C28H25FN6O4. The number of aromatic amines is 1. The maximum absolute atomic E-state index is 13.7. The first-order valence-corrected chi connectivity index (χ1v) is 12.3. The average Bonchev–Trinajstić information content (AvgIpc) is 3.40. The minimum Gasteiger partial charge on any atom is -0.424 e. The van der Waals surface area contributed by atoms with Crippen molar-refractivity contribution >= 4 is 5.91 Å². The Morgan fingerprint density at radius 1 is 1.15 bits per heavy atom.